The van der Waals surface area contributed by atoms with Gasteiger partial charge < -0.3 is 19.5 Å². The molecule has 2 atom stereocenters. The Hall–Kier alpha value is -3.21. The zero-order chi connectivity index (χ0) is 29.5. The van der Waals surface area contributed by atoms with E-state index in [9.17, 15) is 37.1 Å². The van der Waals surface area contributed by atoms with Gasteiger partial charge in [-0.2, -0.15) is 13.2 Å². The van der Waals surface area contributed by atoms with Crippen molar-refractivity contribution in [2.75, 3.05) is 27.2 Å². The Labute approximate surface area is 230 Å². The van der Waals surface area contributed by atoms with E-state index in [4.69, 9.17) is 0 Å². The normalized spacial score (nSPS) is 21.4. The number of halogens is 4. The van der Waals surface area contributed by atoms with E-state index >= 15 is 0 Å². The smallest absolute Gasteiger partial charge is 0.387 e. The first-order chi connectivity index (χ1) is 18.7. The van der Waals surface area contributed by atoms with Crippen LogP contribution in [0.5, 0.6) is 0 Å². The molecule has 1 unspecified atom stereocenters. The van der Waals surface area contributed by atoms with Gasteiger partial charge in [0.25, 0.3) is 11.5 Å². The summed E-state index contributed by atoms with van der Waals surface area (Å²) >= 11 is 0. The third kappa shape index (κ3) is 5.80. The van der Waals surface area contributed by atoms with E-state index in [1.54, 1.807) is 6.07 Å². The van der Waals surface area contributed by atoms with E-state index in [-0.39, 0.29) is 42.7 Å². The number of aromatic nitrogens is 1. The minimum Gasteiger partial charge on any atom is -0.387 e. The molecule has 1 aliphatic heterocycles. The lowest BCUT2D eigenvalue weighted by molar-refractivity contribution is -0.172. The van der Waals surface area contributed by atoms with Gasteiger partial charge in [0.1, 0.15) is 5.82 Å². The van der Waals surface area contributed by atoms with Crippen LogP contribution in [-0.2, 0) is 11.3 Å². The van der Waals surface area contributed by atoms with Crippen molar-refractivity contribution in [3.05, 3.63) is 58.3 Å². The maximum Gasteiger partial charge on any atom is 0.389 e. The average Bonchev–Trinajstić information content (AvgIpc) is 3.35. The third-order valence-corrected chi connectivity index (χ3v) is 8.47. The molecule has 0 radical (unpaired) electrons. The molecular weight excluding hydrogens is 530 g/mol. The van der Waals surface area contributed by atoms with Gasteiger partial charge in [-0.15, -0.1) is 0 Å². The van der Waals surface area contributed by atoms with E-state index in [1.807, 2.05) is 0 Å². The second-order valence-corrected chi connectivity index (χ2v) is 11.5. The number of amides is 2. The Balaban J connectivity index is 1.69. The molecule has 1 N–H and O–H groups in total. The number of carbonyl (C=O) groups is 2. The molecule has 2 aromatic rings. The maximum absolute atomic E-state index is 14.7. The van der Waals surface area contributed by atoms with Crippen LogP contribution in [0.4, 0.5) is 17.6 Å². The second kappa shape index (κ2) is 11.0. The molecule has 1 spiro atoms. The number of benzene rings is 1. The molecule has 7 nitrogen and oxygen atoms in total. The maximum atomic E-state index is 14.7. The molecule has 1 aromatic heterocycles. The molecule has 2 fully saturated rings. The van der Waals surface area contributed by atoms with Crippen molar-refractivity contribution in [1.29, 1.82) is 0 Å². The summed E-state index contributed by atoms with van der Waals surface area (Å²) in [7, 11) is 3.08. The molecule has 1 aliphatic carbocycles. The number of likely N-dealkylation sites (tertiary alicyclic amines) is 1. The number of aliphatic hydroxyl groups is 1. The summed E-state index contributed by atoms with van der Waals surface area (Å²) in [5, 5.41) is 12.1. The van der Waals surface area contributed by atoms with Gasteiger partial charge in [0.15, 0.2) is 0 Å². The number of piperidine rings is 1. The van der Waals surface area contributed by atoms with Crippen LogP contribution in [0.1, 0.15) is 55.8 Å². The monoisotopic (exact) mass is 565 g/mol. The fourth-order valence-corrected chi connectivity index (χ4v) is 6.33. The molecule has 0 bridgehead atoms. The standard InChI is InChI=1S/C29H35F4N3O4/c1-19(15-29(31,32)33)25(38)35-13-12-28(40,27(17-35)10-6-7-11-27)18-36-16-22(26(39)34(2)3)21(14-24(36)37)20-8-4-5-9-23(20)30/h4-5,8-9,14,16,19,40H,6-7,10-13,15,17-18H2,1-3H3/t19?,28-/m1/s1. The van der Waals surface area contributed by atoms with Crippen molar-refractivity contribution in [1.82, 2.24) is 14.4 Å². The van der Waals surface area contributed by atoms with Crippen LogP contribution < -0.4 is 5.56 Å². The topological polar surface area (TPSA) is 82.8 Å². The number of alkyl halides is 3. The second-order valence-electron chi connectivity index (χ2n) is 11.5. The Kier molecular flexibility index (Phi) is 8.18. The summed E-state index contributed by atoms with van der Waals surface area (Å²) < 4.78 is 54.7. The fourth-order valence-electron chi connectivity index (χ4n) is 6.33. The lowest BCUT2D eigenvalue weighted by atomic mass is 9.65. The van der Waals surface area contributed by atoms with Crippen molar-refractivity contribution in [2.24, 2.45) is 11.3 Å². The van der Waals surface area contributed by atoms with Gasteiger partial charge in [0.2, 0.25) is 5.91 Å². The number of nitrogens with zero attached hydrogens (tertiary/aromatic N) is 3. The van der Waals surface area contributed by atoms with Gasteiger partial charge >= 0.3 is 6.18 Å². The molecule has 1 aromatic carbocycles. The first kappa shape index (κ1) is 29.8. The van der Waals surface area contributed by atoms with E-state index in [1.165, 1.54) is 65.8 Å². The fraction of sp³-hybridized carbons (Fsp3) is 0.552. The summed E-state index contributed by atoms with van der Waals surface area (Å²) in [6, 6.07) is 7.02. The molecule has 2 amide bonds. The summed E-state index contributed by atoms with van der Waals surface area (Å²) in [4.78, 5) is 42.1. The van der Waals surface area contributed by atoms with Gasteiger partial charge in [0, 0.05) is 61.9 Å². The van der Waals surface area contributed by atoms with Crippen molar-refractivity contribution in [3.63, 3.8) is 0 Å². The summed E-state index contributed by atoms with van der Waals surface area (Å²) in [5.41, 5.74) is -2.47. The lowest BCUT2D eigenvalue weighted by Crippen LogP contribution is -2.62. The highest BCUT2D eigenvalue weighted by molar-refractivity contribution is 6.00. The van der Waals surface area contributed by atoms with Gasteiger partial charge in [-0.25, -0.2) is 4.39 Å². The van der Waals surface area contributed by atoms with E-state index in [0.717, 1.165) is 12.8 Å². The Bertz CT molecular complexity index is 1330. The summed E-state index contributed by atoms with van der Waals surface area (Å²) in [6.45, 7) is 1.23. The van der Waals surface area contributed by atoms with Crippen molar-refractivity contribution >= 4 is 11.8 Å². The number of rotatable bonds is 6. The Morgan fingerprint density at radius 1 is 1.10 bits per heavy atom. The molecule has 11 heteroatoms. The number of pyridine rings is 1. The van der Waals surface area contributed by atoms with Crippen LogP contribution in [-0.4, -0.2) is 70.3 Å². The molecular formula is C29H35F4N3O4. The van der Waals surface area contributed by atoms with E-state index in [0.29, 0.717) is 12.8 Å². The minimum atomic E-state index is -4.46. The highest BCUT2D eigenvalue weighted by Gasteiger charge is 2.56. The third-order valence-electron chi connectivity index (χ3n) is 8.47. The van der Waals surface area contributed by atoms with Gasteiger partial charge in [-0.05, 0) is 25.3 Å². The van der Waals surface area contributed by atoms with Crippen LogP contribution >= 0.6 is 0 Å². The Morgan fingerprint density at radius 2 is 1.75 bits per heavy atom. The van der Waals surface area contributed by atoms with Crippen LogP contribution in [0.2, 0.25) is 0 Å². The molecule has 4 rings (SSSR count). The number of hydrogen-bond donors (Lipinski definition) is 1. The van der Waals surface area contributed by atoms with Crippen LogP contribution in [0.15, 0.2) is 41.3 Å². The van der Waals surface area contributed by atoms with Gasteiger partial charge in [-0.1, -0.05) is 38.0 Å². The quantitative estimate of drug-likeness (QED) is 0.524. The SMILES string of the molecule is CC(CC(F)(F)F)C(=O)N1CC[C@@](O)(Cn2cc(C(=O)N(C)C)c(-c3ccccc3F)cc2=O)C2(CCCC2)C1. The first-order valence-electron chi connectivity index (χ1n) is 13.5. The molecule has 1 saturated carbocycles. The van der Waals surface area contributed by atoms with E-state index in [2.05, 4.69) is 0 Å². The number of hydrogen-bond acceptors (Lipinski definition) is 4. The Morgan fingerprint density at radius 3 is 2.35 bits per heavy atom. The largest absolute Gasteiger partial charge is 0.389 e. The number of carbonyl (C=O) groups excluding carboxylic acids is 2. The lowest BCUT2D eigenvalue weighted by Gasteiger charge is -2.52. The van der Waals surface area contributed by atoms with Crippen molar-refractivity contribution < 1.29 is 32.3 Å². The van der Waals surface area contributed by atoms with Crippen molar-refractivity contribution in [2.45, 2.75) is 63.8 Å². The van der Waals surface area contributed by atoms with Gasteiger partial charge in [0.05, 0.1) is 24.1 Å². The zero-order valence-electron chi connectivity index (χ0n) is 22.9. The molecule has 1 saturated heterocycles. The predicted molar refractivity (Wildman–Crippen MR) is 141 cm³/mol. The van der Waals surface area contributed by atoms with Gasteiger partial charge in [-0.3, -0.25) is 14.4 Å². The molecule has 2 aliphatic rings. The van der Waals surface area contributed by atoms with Crippen LogP contribution in [0.25, 0.3) is 11.1 Å². The molecule has 218 valence electrons. The predicted octanol–water partition coefficient (Wildman–Crippen LogP) is 4.47. The first-order valence-corrected chi connectivity index (χ1v) is 13.5. The summed E-state index contributed by atoms with van der Waals surface area (Å²) in [5.74, 6) is -2.88. The zero-order valence-corrected chi connectivity index (χ0v) is 22.9. The molecule has 2 heterocycles. The van der Waals surface area contributed by atoms with Crippen LogP contribution in [0.3, 0.4) is 0 Å². The van der Waals surface area contributed by atoms with E-state index < -0.39 is 52.7 Å². The van der Waals surface area contributed by atoms with Crippen molar-refractivity contribution in [3.8, 4) is 11.1 Å². The highest BCUT2D eigenvalue weighted by Crippen LogP contribution is 2.52. The molecule has 40 heavy (non-hydrogen) atoms. The average molecular weight is 566 g/mol. The summed E-state index contributed by atoms with van der Waals surface area (Å²) in [6.07, 6.45) is -1.63. The minimum absolute atomic E-state index is 0.0465. The highest BCUT2D eigenvalue weighted by atomic mass is 19.4. The van der Waals surface area contributed by atoms with Crippen LogP contribution in [0, 0.1) is 17.2 Å².